The van der Waals surface area contributed by atoms with Gasteiger partial charge in [0.2, 0.25) is 0 Å². The van der Waals surface area contributed by atoms with Crippen LogP contribution in [-0.2, 0) is 21.8 Å². The molecule has 1 aliphatic carbocycles. The Kier molecular flexibility index (Phi) is 8.29. The van der Waals surface area contributed by atoms with E-state index >= 15 is 8.78 Å². The summed E-state index contributed by atoms with van der Waals surface area (Å²) in [7, 11) is -4.28. The van der Waals surface area contributed by atoms with Crippen LogP contribution >= 0.6 is 0 Å². The lowest BCUT2D eigenvalue weighted by Gasteiger charge is -2.41. The molecule has 2 heterocycles. The largest absolute Gasteiger partial charge is 0.486 e. The molecule has 0 spiro atoms. The standard InChI is InChI=1S/C28H27F6N3O3S/c29-21-14-26(41(38,39)15-18-8-9-35-16-36-18)22(30)13-25(21)40-24-7-6-17(12-23(24)37-10-1-2-11-37)19-4-3-5-20(27(19)31)28(32,33)34/h3-5,8-9,13-14,16-17,23-24H,1-2,6-7,10-12,15H2/t17-,23-,24-/m0/s1. The van der Waals surface area contributed by atoms with Gasteiger partial charge in [0.1, 0.15) is 29.0 Å². The highest BCUT2D eigenvalue weighted by molar-refractivity contribution is 7.90. The Bertz CT molecular complexity index is 1500. The molecule has 3 aromatic rings. The number of nitrogens with zero attached hydrogens (tertiary/aromatic N) is 3. The summed E-state index contributed by atoms with van der Waals surface area (Å²) in [6.07, 6.45) is -0.482. The van der Waals surface area contributed by atoms with Gasteiger partial charge in [0, 0.05) is 18.3 Å². The molecule has 2 fully saturated rings. The maximum atomic E-state index is 15.2. The first-order chi connectivity index (χ1) is 19.4. The Morgan fingerprint density at radius 3 is 2.44 bits per heavy atom. The molecule has 0 amide bonds. The topological polar surface area (TPSA) is 72.4 Å². The monoisotopic (exact) mass is 599 g/mol. The number of rotatable bonds is 7. The molecule has 0 radical (unpaired) electrons. The molecule has 41 heavy (non-hydrogen) atoms. The third kappa shape index (κ3) is 6.35. The maximum Gasteiger partial charge on any atom is 0.419 e. The quantitative estimate of drug-likeness (QED) is 0.307. The van der Waals surface area contributed by atoms with E-state index in [-0.39, 0.29) is 30.5 Å². The van der Waals surface area contributed by atoms with E-state index in [1.165, 1.54) is 24.4 Å². The van der Waals surface area contributed by atoms with E-state index in [9.17, 15) is 26.0 Å². The molecule has 0 bridgehead atoms. The van der Waals surface area contributed by atoms with Crippen molar-refractivity contribution in [1.82, 2.24) is 14.9 Å². The smallest absolute Gasteiger partial charge is 0.419 e. The van der Waals surface area contributed by atoms with Gasteiger partial charge in [0.15, 0.2) is 21.4 Å². The number of hydrogen-bond acceptors (Lipinski definition) is 6. The minimum Gasteiger partial charge on any atom is -0.486 e. The van der Waals surface area contributed by atoms with Gasteiger partial charge in [-0.25, -0.2) is 31.6 Å². The van der Waals surface area contributed by atoms with Gasteiger partial charge in [-0.15, -0.1) is 0 Å². The average Bonchev–Trinajstić information content (AvgIpc) is 3.45. The summed E-state index contributed by atoms with van der Waals surface area (Å²) in [5, 5.41) is 0. The Hall–Kier alpha value is -3.19. The number of benzene rings is 2. The molecule has 3 atom stereocenters. The number of halogens is 6. The van der Waals surface area contributed by atoms with Crippen LogP contribution in [-0.4, -0.2) is 48.5 Å². The van der Waals surface area contributed by atoms with Crippen molar-refractivity contribution in [2.24, 2.45) is 0 Å². The van der Waals surface area contributed by atoms with Gasteiger partial charge in [-0.1, -0.05) is 12.1 Å². The van der Waals surface area contributed by atoms with Crippen LogP contribution in [0.4, 0.5) is 26.3 Å². The second-order valence-corrected chi connectivity index (χ2v) is 12.3. The molecular weight excluding hydrogens is 572 g/mol. The molecule has 13 heteroatoms. The molecule has 5 rings (SSSR count). The Balaban J connectivity index is 1.38. The van der Waals surface area contributed by atoms with E-state index in [2.05, 4.69) is 14.9 Å². The molecule has 0 unspecified atom stereocenters. The molecule has 2 aliphatic rings. The zero-order chi connectivity index (χ0) is 29.4. The van der Waals surface area contributed by atoms with Crippen LogP contribution in [0.25, 0.3) is 0 Å². The Labute approximate surface area is 233 Å². The zero-order valence-electron chi connectivity index (χ0n) is 21.8. The van der Waals surface area contributed by atoms with Crippen LogP contribution in [0.5, 0.6) is 5.75 Å². The van der Waals surface area contributed by atoms with Crippen LogP contribution in [0, 0.1) is 17.5 Å². The van der Waals surface area contributed by atoms with Gasteiger partial charge >= 0.3 is 6.18 Å². The molecular formula is C28H27F6N3O3S. The van der Waals surface area contributed by atoms with Crippen molar-refractivity contribution >= 4 is 9.84 Å². The highest BCUT2D eigenvalue weighted by Crippen LogP contribution is 2.42. The SMILES string of the molecule is O=S(=O)(Cc1ccncn1)c1cc(F)c(O[C@H]2CC[C@H](c3cccc(C(F)(F)F)c3F)C[C@@H]2N2CCCC2)cc1F. The third-order valence-corrected chi connectivity index (χ3v) is 9.38. The normalized spacial score (nSPS) is 22.1. The fourth-order valence-corrected chi connectivity index (χ4v) is 7.11. The summed E-state index contributed by atoms with van der Waals surface area (Å²) in [6.45, 7) is 1.36. The van der Waals surface area contributed by atoms with Crippen LogP contribution in [0.2, 0.25) is 0 Å². The van der Waals surface area contributed by atoms with E-state index in [4.69, 9.17) is 4.74 Å². The van der Waals surface area contributed by atoms with Crippen molar-refractivity contribution in [1.29, 1.82) is 0 Å². The Morgan fingerprint density at radius 1 is 1.00 bits per heavy atom. The lowest BCUT2D eigenvalue weighted by molar-refractivity contribution is -0.140. The molecule has 2 aromatic carbocycles. The van der Waals surface area contributed by atoms with E-state index in [0.29, 0.717) is 31.3 Å². The van der Waals surface area contributed by atoms with Crippen molar-refractivity contribution in [3.8, 4) is 5.75 Å². The van der Waals surface area contributed by atoms with E-state index in [1.54, 1.807) is 0 Å². The summed E-state index contributed by atoms with van der Waals surface area (Å²) in [5.41, 5.74) is -1.24. The minimum atomic E-state index is -4.83. The second kappa shape index (κ2) is 11.6. The molecule has 0 N–H and O–H groups in total. The van der Waals surface area contributed by atoms with Crippen molar-refractivity contribution < 1.29 is 39.5 Å². The number of likely N-dealkylation sites (tertiary alicyclic amines) is 1. The summed E-state index contributed by atoms with van der Waals surface area (Å²) < 4.78 is 117. The van der Waals surface area contributed by atoms with Gasteiger partial charge in [-0.3, -0.25) is 4.90 Å². The van der Waals surface area contributed by atoms with E-state index in [0.717, 1.165) is 19.2 Å². The van der Waals surface area contributed by atoms with Gasteiger partial charge in [-0.05, 0) is 74.9 Å². The number of sulfone groups is 1. The maximum absolute atomic E-state index is 15.2. The second-order valence-electron chi connectivity index (χ2n) is 10.4. The first-order valence-corrected chi connectivity index (χ1v) is 14.8. The molecule has 220 valence electrons. The number of alkyl halides is 3. The van der Waals surface area contributed by atoms with Crippen LogP contribution < -0.4 is 4.74 Å². The average molecular weight is 600 g/mol. The van der Waals surface area contributed by atoms with Crippen molar-refractivity contribution in [3.63, 3.8) is 0 Å². The van der Waals surface area contributed by atoms with Crippen molar-refractivity contribution in [3.05, 3.63) is 83.2 Å². The molecule has 1 saturated carbocycles. The fourth-order valence-electron chi connectivity index (χ4n) is 5.76. The molecule has 1 aliphatic heterocycles. The fraction of sp³-hybridized carbons (Fsp3) is 0.429. The highest BCUT2D eigenvalue weighted by Gasteiger charge is 2.41. The van der Waals surface area contributed by atoms with Gasteiger partial charge in [0.05, 0.1) is 17.0 Å². The first kappa shape index (κ1) is 29.3. The van der Waals surface area contributed by atoms with Gasteiger partial charge in [0.25, 0.3) is 0 Å². The minimum absolute atomic E-state index is 0.0297. The summed E-state index contributed by atoms with van der Waals surface area (Å²) in [4.78, 5) is 8.76. The summed E-state index contributed by atoms with van der Waals surface area (Å²) >= 11 is 0. The first-order valence-electron chi connectivity index (χ1n) is 13.2. The predicted octanol–water partition coefficient (Wildman–Crippen LogP) is 6.07. The van der Waals surface area contributed by atoms with Crippen molar-refractivity contribution in [2.45, 2.75) is 67.0 Å². The van der Waals surface area contributed by atoms with E-state index < -0.39 is 73.5 Å². The van der Waals surface area contributed by atoms with Gasteiger partial charge < -0.3 is 4.74 Å². The van der Waals surface area contributed by atoms with Crippen LogP contribution in [0.15, 0.2) is 53.8 Å². The molecule has 6 nitrogen and oxygen atoms in total. The third-order valence-electron chi connectivity index (χ3n) is 7.72. The highest BCUT2D eigenvalue weighted by atomic mass is 32.2. The summed E-state index contributed by atoms with van der Waals surface area (Å²) in [6, 6.07) is 5.48. The van der Waals surface area contributed by atoms with Crippen LogP contribution in [0.1, 0.15) is 54.8 Å². The number of aromatic nitrogens is 2. The molecule has 1 saturated heterocycles. The van der Waals surface area contributed by atoms with Crippen LogP contribution in [0.3, 0.4) is 0 Å². The predicted molar refractivity (Wildman–Crippen MR) is 136 cm³/mol. The Morgan fingerprint density at radius 2 is 1.76 bits per heavy atom. The van der Waals surface area contributed by atoms with E-state index in [1.807, 2.05) is 0 Å². The zero-order valence-corrected chi connectivity index (χ0v) is 22.6. The lowest BCUT2D eigenvalue weighted by Crippen LogP contribution is -2.48. The number of ether oxygens (including phenoxy) is 1. The molecule has 1 aromatic heterocycles. The number of hydrogen-bond donors (Lipinski definition) is 0. The summed E-state index contributed by atoms with van der Waals surface area (Å²) in [5.74, 6) is -5.21. The lowest BCUT2D eigenvalue weighted by atomic mass is 9.78. The van der Waals surface area contributed by atoms with Crippen molar-refractivity contribution in [2.75, 3.05) is 13.1 Å². The van der Waals surface area contributed by atoms with Gasteiger partial charge in [-0.2, -0.15) is 13.2 Å².